The lowest BCUT2D eigenvalue weighted by Crippen LogP contribution is -2.46. The van der Waals surface area contributed by atoms with Crippen LogP contribution in [0.4, 0.5) is 9.59 Å². The Hall–Kier alpha value is -3.02. The van der Waals surface area contributed by atoms with Gasteiger partial charge in [-0.15, -0.1) is 0 Å². The van der Waals surface area contributed by atoms with E-state index in [0.717, 1.165) is 30.4 Å². The van der Waals surface area contributed by atoms with E-state index >= 15 is 0 Å². The summed E-state index contributed by atoms with van der Waals surface area (Å²) in [7, 11) is 0. The van der Waals surface area contributed by atoms with Crippen LogP contribution in [0.3, 0.4) is 0 Å². The highest BCUT2D eigenvalue weighted by molar-refractivity contribution is 5.69. The van der Waals surface area contributed by atoms with Crippen molar-refractivity contribution < 1.29 is 19.1 Å². The number of piperidine rings is 1. The number of amides is 2. The first kappa shape index (κ1) is 22.2. The minimum atomic E-state index is -0.499. The highest BCUT2D eigenvalue weighted by atomic mass is 16.6. The van der Waals surface area contributed by atoms with Gasteiger partial charge in [0.1, 0.15) is 12.2 Å². The summed E-state index contributed by atoms with van der Waals surface area (Å²) in [5.41, 5.74) is 2.83. The van der Waals surface area contributed by atoms with Crippen molar-refractivity contribution >= 4 is 12.2 Å². The van der Waals surface area contributed by atoms with Crippen LogP contribution in [0.2, 0.25) is 0 Å². The summed E-state index contributed by atoms with van der Waals surface area (Å²) in [6.07, 6.45) is 1.85. The minimum Gasteiger partial charge on any atom is -0.445 e. The lowest BCUT2D eigenvalue weighted by Gasteiger charge is -2.40. The van der Waals surface area contributed by atoms with Crippen LogP contribution in [0, 0.1) is 0 Å². The molecule has 1 aliphatic carbocycles. The number of nitrogens with one attached hydrogen (secondary N) is 1. The van der Waals surface area contributed by atoms with E-state index in [9.17, 15) is 9.59 Å². The molecular weight excluding hydrogens is 404 g/mol. The summed E-state index contributed by atoms with van der Waals surface area (Å²) in [6, 6.07) is 17.9. The lowest BCUT2D eigenvalue weighted by atomic mass is 9.73. The summed E-state index contributed by atoms with van der Waals surface area (Å²) in [5.74, 6) is 0. The molecule has 6 nitrogen and oxygen atoms in total. The number of carbonyl (C=O) groups is 2. The minimum absolute atomic E-state index is 0.0491. The Morgan fingerprint density at radius 1 is 1.03 bits per heavy atom. The Kier molecular flexibility index (Phi) is 6.13. The van der Waals surface area contributed by atoms with Gasteiger partial charge in [-0.2, -0.15) is 0 Å². The Morgan fingerprint density at radius 2 is 1.69 bits per heavy atom. The second kappa shape index (κ2) is 8.85. The van der Waals surface area contributed by atoms with Crippen LogP contribution in [0.5, 0.6) is 0 Å². The van der Waals surface area contributed by atoms with Crippen LogP contribution < -0.4 is 5.32 Å². The van der Waals surface area contributed by atoms with Crippen molar-refractivity contribution in [2.75, 3.05) is 13.1 Å². The average molecular weight is 437 g/mol. The van der Waals surface area contributed by atoms with Crippen LogP contribution in [-0.2, 0) is 21.5 Å². The maximum absolute atomic E-state index is 12.5. The van der Waals surface area contributed by atoms with E-state index in [1.54, 1.807) is 4.90 Å². The Balaban J connectivity index is 1.40. The number of carbonyl (C=O) groups excluding carboxylic acids is 2. The molecule has 2 aromatic rings. The third-order valence-electron chi connectivity index (χ3n) is 6.38. The van der Waals surface area contributed by atoms with E-state index in [1.807, 2.05) is 57.2 Å². The maximum Gasteiger partial charge on any atom is 0.410 e. The molecule has 2 aromatic carbocycles. The van der Waals surface area contributed by atoms with E-state index in [-0.39, 0.29) is 24.2 Å². The molecule has 0 radical (unpaired) electrons. The molecule has 2 aliphatic rings. The molecule has 6 heteroatoms. The van der Waals surface area contributed by atoms with Gasteiger partial charge in [0.05, 0.1) is 6.04 Å². The molecule has 4 rings (SSSR count). The number of ether oxygens (including phenoxy) is 2. The number of hydrogen-bond acceptors (Lipinski definition) is 4. The lowest BCUT2D eigenvalue weighted by molar-refractivity contribution is 0.0161. The standard InChI is InChI=1S/C26H32N2O4/c1-25(2,3)32-24(30)28-15-13-26(14-16-28)17-22(20-11-7-8-12-21(20)26)27-23(29)31-18-19-9-5-4-6-10-19/h4-12,22H,13-18H2,1-3H3,(H,27,29). The van der Waals surface area contributed by atoms with Gasteiger partial charge in [0, 0.05) is 18.5 Å². The molecule has 1 spiro atoms. The number of hydrogen-bond donors (Lipinski definition) is 1. The van der Waals surface area contributed by atoms with Crippen LogP contribution in [0.25, 0.3) is 0 Å². The zero-order chi connectivity index (χ0) is 22.8. The van der Waals surface area contributed by atoms with Crippen LogP contribution in [-0.4, -0.2) is 35.8 Å². The largest absolute Gasteiger partial charge is 0.445 e. The van der Waals surface area contributed by atoms with Gasteiger partial charge < -0.3 is 19.7 Å². The van der Waals surface area contributed by atoms with Gasteiger partial charge in [-0.25, -0.2) is 9.59 Å². The summed E-state index contributed by atoms with van der Waals surface area (Å²) in [5, 5.41) is 3.08. The van der Waals surface area contributed by atoms with Crippen molar-refractivity contribution in [1.82, 2.24) is 10.2 Å². The number of likely N-dealkylation sites (tertiary alicyclic amines) is 1. The van der Waals surface area contributed by atoms with Crippen molar-refractivity contribution in [3.63, 3.8) is 0 Å². The predicted octanol–water partition coefficient (Wildman–Crippen LogP) is 5.33. The van der Waals surface area contributed by atoms with Crippen molar-refractivity contribution in [3.05, 3.63) is 71.3 Å². The number of alkyl carbamates (subject to hydrolysis) is 1. The molecule has 1 aliphatic heterocycles. The molecule has 0 saturated carbocycles. The molecule has 1 unspecified atom stereocenters. The third kappa shape index (κ3) is 4.90. The zero-order valence-corrected chi connectivity index (χ0v) is 19.1. The molecule has 2 amide bonds. The average Bonchev–Trinajstić information content (AvgIpc) is 3.05. The second-order valence-corrected chi connectivity index (χ2v) is 9.80. The van der Waals surface area contributed by atoms with Gasteiger partial charge >= 0.3 is 12.2 Å². The molecule has 0 bridgehead atoms. The normalized spacial score (nSPS) is 19.3. The van der Waals surface area contributed by atoms with Gasteiger partial charge in [-0.05, 0) is 56.7 Å². The van der Waals surface area contributed by atoms with E-state index in [4.69, 9.17) is 9.47 Å². The molecule has 170 valence electrons. The van der Waals surface area contributed by atoms with Crippen molar-refractivity contribution in [1.29, 1.82) is 0 Å². The molecule has 32 heavy (non-hydrogen) atoms. The zero-order valence-electron chi connectivity index (χ0n) is 19.1. The SMILES string of the molecule is CC(C)(C)OC(=O)N1CCC2(CC1)CC(NC(=O)OCc1ccccc1)c1ccccc12. The molecule has 1 heterocycles. The quantitative estimate of drug-likeness (QED) is 0.706. The first-order chi connectivity index (χ1) is 15.3. The van der Waals surface area contributed by atoms with E-state index < -0.39 is 11.7 Å². The maximum atomic E-state index is 12.5. The summed E-state index contributed by atoms with van der Waals surface area (Å²) in [4.78, 5) is 26.8. The molecule has 1 atom stereocenters. The molecule has 1 N–H and O–H groups in total. The summed E-state index contributed by atoms with van der Waals surface area (Å²) >= 11 is 0. The summed E-state index contributed by atoms with van der Waals surface area (Å²) < 4.78 is 11.0. The molecule has 1 fully saturated rings. The fourth-order valence-electron chi connectivity index (χ4n) is 4.85. The van der Waals surface area contributed by atoms with Crippen LogP contribution >= 0.6 is 0 Å². The number of benzene rings is 2. The third-order valence-corrected chi connectivity index (χ3v) is 6.38. The van der Waals surface area contributed by atoms with Crippen molar-refractivity contribution in [2.24, 2.45) is 0 Å². The second-order valence-electron chi connectivity index (χ2n) is 9.80. The van der Waals surface area contributed by atoms with Crippen LogP contribution in [0.15, 0.2) is 54.6 Å². The smallest absolute Gasteiger partial charge is 0.410 e. The van der Waals surface area contributed by atoms with Gasteiger partial charge in [0.2, 0.25) is 0 Å². The first-order valence-corrected chi connectivity index (χ1v) is 11.3. The number of rotatable bonds is 3. The fourth-order valence-corrected chi connectivity index (χ4v) is 4.85. The van der Waals surface area contributed by atoms with E-state index in [1.165, 1.54) is 5.56 Å². The van der Waals surface area contributed by atoms with Gasteiger partial charge in [-0.3, -0.25) is 0 Å². The Labute approximate surface area is 189 Å². The Morgan fingerprint density at radius 3 is 2.38 bits per heavy atom. The predicted molar refractivity (Wildman–Crippen MR) is 122 cm³/mol. The highest BCUT2D eigenvalue weighted by Crippen LogP contribution is 2.50. The monoisotopic (exact) mass is 436 g/mol. The number of nitrogens with zero attached hydrogens (tertiary/aromatic N) is 1. The van der Waals surface area contributed by atoms with Crippen LogP contribution in [0.1, 0.15) is 62.8 Å². The van der Waals surface area contributed by atoms with Gasteiger partial charge in [-0.1, -0.05) is 54.6 Å². The molecular formula is C26H32N2O4. The van der Waals surface area contributed by atoms with Gasteiger partial charge in [0.25, 0.3) is 0 Å². The van der Waals surface area contributed by atoms with Crippen molar-refractivity contribution in [3.8, 4) is 0 Å². The topological polar surface area (TPSA) is 67.9 Å². The molecule has 1 saturated heterocycles. The first-order valence-electron chi connectivity index (χ1n) is 11.3. The fraction of sp³-hybridized carbons (Fsp3) is 0.462. The molecule has 0 aromatic heterocycles. The van der Waals surface area contributed by atoms with E-state index in [0.29, 0.717) is 13.1 Å². The van der Waals surface area contributed by atoms with E-state index in [2.05, 4.69) is 23.5 Å². The van der Waals surface area contributed by atoms with Crippen molar-refractivity contribution in [2.45, 2.75) is 63.7 Å². The Bertz CT molecular complexity index is 959. The number of fused-ring (bicyclic) bond motifs is 2. The van der Waals surface area contributed by atoms with Gasteiger partial charge in [0.15, 0.2) is 0 Å². The highest BCUT2D eigenvalue weighted by Gasteiger charge is 2.46. The summed E-state index contributed by atoms with van der Waals surface area (Å²) in [6.45, 7) is 7.20.